The van der Waals surface area contributed by atoms with Crippen LogP contribution in [0.15, 0.2) is 11.0 Å². The quantitative estimate of drug-likeness (QED) is 0.407. The van der Waals surface area contributed by atoms with Gasteiger partial charge < -0.3 is 21.1 Å². The standard InChI is InChI=1S/C9H11N5O4/c10-9-13-7-5(8(18)14-9)12-3(1-11-7)6(17)4(16)2-15/h1,4,6,15-17H,2H2,(H3,10,11,13,14,18)/t4-,6?/m0/s1. The number of aliphatic hydroxyl groups excluding tert-OH is 3. The van der Waals surface area contributed by atoms with Crippen LogP contribution in [0.1, 0.15) is 11.8 Å². The highest BCUT2D eigenvalue weighted by molar-refractivity contribution is 5.69. The van der Waals surface area contributed by atoms with Gasteiger partial charge in [-0.25, -0.2) is 9.97 Å². The lowest BCUT2D eigenvalue weighted by Crippen LogP contribution is -2.24. The maximum atomic E-state index is 11.5. The number of aromatic amines is 1. The number of aromatic nitrogens is 4. The Bertz CT molecular complexity index is 628. The molecule has 2 aromatic heterocycles. The Morgan fingerprint density at radius 2 is 2.11 bits per heavy atom. The van der Waals surface area contributed by atoms with Crippen LogP contribution in [0.25, 0.3) is 11.2 Å². The average Bonchev–Trinajstić information content (AvgIpc) is 2.36. The summed E-state index contributed by atoms with van der Waals surface area (Å²) in [5, 5.41) is 27.6. The van der Waals surface area contributed by atoms with Gasteiger partial charge in [-0.1, -0.05) is 0 Å². The molecule has 9 heteroatoms. The summed E-state index contributed by atoms with van der Waals surface area (Å²) in [5.74, 6) is -0.0921. The second-order valence-corrected chi connectivity index (χ2v) is 3.61. The molecular formula is C9H11N5O4. The zero-order valence-corrected chi connectivity index (χ0v) is 9.11. The molecule has 0 bridgehead atoms. The zero-order valence-electron chi connectivity index (χ0n) is 9.11. The second kappa shape index (κ2) is 4.64. The van der Waals surface area contributed by atoms with Crippen molar-refractivity contribution >= 4 is 17.1 Å². The van der Waals surface area contributed by atoms with Gasteiger partial charge in [0.15, 0.2) is 11.2 Å². The van der Waals surface area contributed by atoms with Gasteiger partial charge in [0, 0.05) is 0 Å². The predicted molar refractivity (Wildman–Crippen MR) is 60.4 cm³/mol. The van der Waals surface area contributed by atoms with E-state index in [1.54, 1.807) is 0 Å². The van der Waals surface area contributed by atoms with Gasteiger partial charge in [-0.2, -0.15) is 4.98 Å². The first-order valence-corrected chi connectivity index (χ1v) is 5.02. The normalized spacial score (nSPS) is 14.6. The van der Waals surface area contributed by atoms with E-state index < -0.39 is 24.4 Å². The predicted octanol–water partition coefficient (Wildman–Crippen LogP) is -2.32. The number of nitrogens with two attached hydrogens (primary N) is 1. The molecule has 0 aliphatic rings. The van der Waals surface area contributed by atoms with Gasteiger partial charge >= 0.3 is 0 Å². The van der Waals surface area contributed by atoms with Crippen LogP contribution in [0.4, 0.5) is 5.95 Å². The van der Waals surface area contributed by atoms with Crippen molar-refractivity contribution in [2.24, 2.45) is 0 Å². The van der Waals surface area contributed by atoms with Gasteiger partial charge in [-0.15, -0.1) is 0 Å². The van der Waals surface area contributed by atoms with Crippen molar-refractivity contribution in [2.75, 3.05) is 12.3 Å². The van der Waals surface area contributed by atoms with Crippen molar-refractivity contribution in [3.05, 3.63) is 22.2 Å². The molecule has 0 fully saturated rings. The summed E-state index contributed by atoms with van der Waals surface area (Å²) in [6.07, 6.45) is -1.70. The second-order valence-electron chi connectivity index (χ2n) is 3.61. The number of rotatable bonds is 3. The minimum absolute atomic E-state index is 0.0330. The number of anilines is 1. The van der Waals surface area contributed by atoms with Crippen LogP contribution in [0, 0.1) is 0 Å². The molecule has 0 aliphatic carbocycles. The number of nitrogens with zero attached hydrogens (tertiary/aromatic N) is 3. The Labute approximate surface area is 100.0 Å². The minimum Gasteiger partial charge on any atom is -0.394 e. The number of fused-ring (bicyclic) bond motifs is 1. The van der Waals surface area contributed by atoms with Gasteiger partial charge in [0.2, 0.25) is 5.95 Å². The van der Waals surface area contributed by atoms with Crippen LogP contribution in [-0.2, 0) is 0 Å². The first-order valence-electron chi connectivity index (χ1n) is 5.02. The summed E-state index contributed by atoms with van der Waals surface area (Å²) in [6, 6.07) is 0. The SMILES string of the molecule is Nc1nc2ncc(C(O)[C@@H](O)CO)nc2c(=O)[nH]1. The molecule has 0 spiro atoms. The Hall–Kier alpha value is -2.10. The molecule has 0 saturated carbocycles. The summed E-state index contributed by atoms with van der Waals surface area (Å²) in [4.78, 5) is 25.2. The average molecular weight is 253 g/mol. The van der Waals surface area contributed by atoms with Crippen molar-refractivity contribution in [3.63, 3.8) is 0 Å². The fourth-order valence-electron chi connectivity index (χ4n) is 1.39. The maximum Gasteiger partial charge on any atom is 0.280 e. The molecule has 0 aliphatic heterocycles. The summed E-state index contributed by atoms with van der Waals surface area (Å²) in [7, 11) is 0. The van der Waals surface area contributed by atoms with Crippen molar-refractivity contribution in [2.45, 2.75) is 12.2 Å². The van der Waals surface area contributed by atoms with Crippen LogP contribution >= 0.6 is 0 Å². The number of H-pyrrole nitrogens is 1. The van der Waals surface area contributed by atoms with Crippen molar-refractivity contribution in [3.8, 4) is 0 Å². The van der Waals surface area contributed by atoms with Crippen LogP contribution in [0.2, 0.25) is 0 Å². The van der Waals surface area contributed by atoms with Crippen LogP contribution in [-0.4, -0.2) is 48.0 Å². The monoisotopic (exact) mass is 253 g/mol. The van der Waals surface area contributed by atoms with Crippen LogP contribution in [0.5, 0.6) is 0 Å². The van der Waals surface area contributed by atoms with E-state index in [0.29, 0.717) is 0 Å². The van der Waals surface area contributed by atoms with Gasteiger partial charge in [0.05, 0.1) is 18.5 Å². The molecule has 0 radical (unpaired) electrons. The Balaban J connectivity index is 2.54. The molecular weight excluding hydrogens is 242 g/mol. The molecule has 0 aromatic carbocycles. The summed E-state index contributed by atoms with van der Waals surface area (Å²) in [5.41, 5.74) is 4.62. The number of hydrogen-bond acceptors (Lipinski definition) is 8. The summed E-state index contributed by atoms with van der Waals surface area (Å²) < 4.78 is 0. The Morgan fingerprint density at radius 1 is 1.39 bits per heavy atom. The van der Waals surface area contributed by atoms with E-state index in [-0.39, 0.29) is 22.8 Å². The number of nitrogens with one attached hydrogen (secondary N) is 1. The Kier molecular flexibility index (Phi) is 3.19. The molecule has 0 amide bonds. The highest BCUT2D eigenvalue weighted by atomic mass is 16.4. The van der Waals surface area contributed by atoms with Gasteiger partial charge in [0.25, 0.3) is 5.56 Å². The van der Waals surface area contributed by atoms with E-state index in [1.807, 2.05) is 0 Å². The third-order valence-corrected chi connectivity index (χ3v) is 2.31. The molecule has 6 N–H and O–H groups in total. The van der Waals surface area contributed by atoms with Crippen molar-refractivity contribution < 1.29 is 15.3 Å². The van der Waals surface area contributed by atoms with E-state index in [2.05, 4.69) is 19.9 Å². The van der Waals surface area contributed by atoms with Gasteiger partial charge in [-0.05, 0) is 0 Å². The number of nitrogen functional groups attached to an aromatic ring is 1. The van der Waals surface area contributed by atoms with Crippen LogP contribution < -0.4 is 11.3 Å². The Morgan fingerprint density at radius 3 is 2.78 bits per heavy atom. The molecule has 9 nitrogen and oxygen atoms in total. The molecule has 2 atom stereocenters. The third-order valence-electron chi connectivity index (χ3n) is 2.31. The van der Waals surface area contributed by atoms with E-state index in [9.17, 15) is 15.0 Å². The number of hydrogen-bond donors (Lipinski definition) is 5. The lowest BCUT2D eigenvalue weighted by molar-refractivity contribution is -0.0173. The van der Waals surface area contributed by atoms with Crippen molar-refractivity contribution in [1.82, 2.24) is 19.9 Å². The highest BCUT2D eigenvalue weighted by Gasteiger charge is 2.20. The lowest BCUT2D eigenvalue weighted by Gasteiger charge is -2.14. The molecule has 2 aromatic rings. The fourth-order valence-corrected chi connectivity index (χ4v) is 1.39. The van der Waals surface area contributed by atoms with Crippen molar-refractivity contribution in [1.29, 1.82) is 0 Å². The van der Waals surface area contributed by atoms with E-state index in [0.717, 1.165) is 6.20 Å². The first kappa shape index (κ1) is 12.4. The lowest BCUT2D eigenvalue weighted by atomic mass is 10.1. The molecule has 96 valence electrons. The smallest absolute Gasteiger partial charge is 0.280 e. The molecule has 2 heterocycles. The summed E-state index contributed by atoms with van der Waals surface area (Å²) >= 11 is 0. The number of aliphatic hydroxyl groups is 3. The minimum atomic E-state index is -1.44. The zero-order chi connectivity index (χ0) is 13.3. The first-order chi connectivity index (χ1) is 8.52. The maximum absolute atomic E-state index is 11.5. The topological polar surface area (TPSA) is 158 Å². The molecule has 18 heavy (non-hydrogen) atoms. The molecule has 0 saturated heterocycles. The van der Waals surface area contributed by atoms with E-state index >= 15 is 0 Å². The molecule has 2 rings (SSSR count). The third kappa shape index (κ3) is 2.14. The van der Waals surface area contributed by atoms with E-state index in [4.69, 9.17) is 10.8 Å². The van der Waals surface area contributed by atoms with E-state index in [1.165, 1.54) is 0 Å². The van der Waals surface area contributed by atoms with Gasteiger partial charge in [0.1, 0.15) is 12.2 Å². The van der Waals surface area contributed by atoms with Crippen LogP contribution in [0.3, 0.4) is 0 Å². The molecule has 1 unspecified atom stereocenters. The fraction of sp³-hybridized carbons (Fsp3) is 0.333. The largest absolute Gasteiger partial charge is 0.394 e. The summed E-state index contributed by atoms with van der Waals surface area (Å²) in [6.45, 7) is -0.642. The highest BCUT2D eigenvalue weighted by Crippen LogP contribution is 2.14. The van der Waals surface area contributed by atoms with Gasteiger partial charge in [-0.3, -0.25) is 9.78 Å².